The lowest BCUT2D eigenvalue weighted by atomic mass is 10.0. The molecule has 0 aromatic carbocycles. The fraction of sp³-hybridized carbons (Fsp3) is 0.100. The van der Waals surface area contributed by atoms with E-state index in [1.807, 2.05) is 30.3 Å². The summed E-state index contributed by atoms with van der Waals surface area (Å²) < 4.78 is 11.2. The number of aromatic nitrogens is 1. The Morgan fingerprint density at radius 2 is 2.04 bits per heavy atom. The monoisotopic (exact) mass is 359 g/mol. The highest BCUT2D eigenvalue weighted by atomic mass is 32.1. The molecule has 26 heavy (non-hydrogen) atoms. The molecule has 0 saturated heterocycles. The summed E-state index contributed by atoms with van der Waals surface area (Å²) in [4.78, 5) is 6.10. The first-order valence-electron chi connectivity index (χ1n) is 8.19. The lowest BCUT2D eigenvalue weighted by Gasteiger charge is -2.09. The highest BCUT2D eigenvalue weighted by molar-refractivity contribution is 7.20. The normalized spacial score (nSPS) is 14.8. The van der Waals surface area contributed by atoms with Crippen LogP contribution in [-0.4, -0.2) is 4.98 Å². The summed E-state index contributed by atoms with van der Waals surface area (Å²) in [5, 5.41) is 10.2. The summed E-state index contributed by atoms with van der Waals surface area (Å²) in [6.07, 6.45) is 7.05. The fourth-order valence-corrected chi connectivity index (χ4v) is 4.44. The molecule has 0 fully saturated rings. The molecule has 126 valence electrons. The number of nitriles is 1. The van der Waals surface area contributed by atoms with Crippen LogP contribution in [0.15, 0.2) is 45.6 Å². The van der Waals surface area contributed by atoms with Gasteiger partial charge in [0.05, 0.1) is 23.9 Å². The molecular weight excluding hydrogens is 346 g/mol. The second-order valence-electron chi connectivity index (χ2n) is 6.11. The fourth-order valence-electron chi connectivity index (χ4n) is 3.54. The first-order chi connectivity index (χ1) is 12.8. The Kier molecular flexibility index (Phi) is 3.24. The van der Waals surface area contributed by atoms with Crippen LogP contribution in [0, 0.1) is 11.3 Å². The zero-order chi connectivity index (χ0) is 17.7. The van der Waals surface area contributed by atoms with Gasteiger partial charge in [-0.2, -0.15) is 5.26 Å². The van der Waals surface area contributed by atoms with Crippen molar-refractivity contribution < 1.29 is 8.83 Å². The van der Waals surface area contributed by atoms with Gasteiger partial charge in [0.1, 0.15) is 27.3 Å². The third-order valence-corrected chi connectivity index (χ3v) is 5.66. The Balaban J connectivity index is 1.84. The van der Waals surface area contributed by atoms with E-state index in [1.165, 1.54) is 11.3 Å². The third kappa shape index (κ3) is 2.11. The zero-order valence-corrected chi connectivity index (χ0v) is 14.5. The van der Waals surface area contributed by atoms with Crippen LogP contribution in [0.25, 0.3) is 33.2 Å². The third-order valence-electron chi connectivity index (χ3n) is 4.65. The summed E-state index contributed by atoms with van der Waals surface area (Å²) in [5.41, 5.74) is 10.9. The number of hydrogen-bond donors (Lipinski definition) is 1. The Morgan fingerprint density at radius 3 is 2.77 bits per heavy atom. The van der Waals surface area contributed by atoms with Gasteiger partial charge in [0.2, 0.25) is 0 Å². The molecule has 4 aromatic heterocycles. The van der Waals surface area contributed by atoms with Crippen molar-refractivity contribution in [1.82, 2.24) is 4.98 Å². The van der Waals surface area contributed by atoms with Crippen LogP contribution in [0.4, 0.5) is 5.69 Å². The van der Waals surface area contributed by atoms with Gasteiger partial charge in [0, 0.05) is 10.9 Å². The molecule has 0 spiro atoms. The number of thiophene rings is 1. The van der Waals surface area contributed by atoms with Gasteiger partial charge in [0.15, 0.2) is 0 Å². The average Bonchev–Trinajstić information content (AvgIpc) is 3.42. The molecule has 0 atom stereocenters. The summed E-state index contributed by atoms with van der Waals surface area (Å²) in [5.74, 6) is 1.56. The minimum Gasteiger partial charge on any atom is -0.465 e. The van der Waals surface area contributed by atoms with E-state index in [0.717, 1.165) is 57.0 Å². The van der Waals surface area contributed by atoms with Crippen molar-refractivity contribution in [2.45, 2.75) is 12.8 Å². The standard InChI is InChI=1S/C20H13N3O2S/c21-10-15-18(22)17-16(14-4-2-8-25-14)13-6-5-11(9-12-3-1-7-24-12)19(13)23-20(17)26-15/h1-4,7-9H,5-6,22H2/b11-9+. The largest absolute Gasteiger partial charge is 0.465 e. The number of pyridine rings is 1. The maximum atomic E-state index is 9.38. The van der Waals surface area contributed by atoms with Crippen LogP contribution in [0.1, 0.15) is 28.3 Å². The van der Waals surface area contributed by atoms with E-state index in [0.29, 0.717) is 10.6 Å². The summed E-state index contributed by atoms with van der Waals surface area (Å²) >= 11 is 1.32. The van der Waals surface area contributed by atoms with E-state index in [1.54, 1.807) is 12.5 Å². The number of furan rings is 2. The van der Waals surface area contributed by atoms with Gasteiger partial charge in [-0.1, -0.05) is 0 Å². The van der Waals surface area contributed by atoms with Crippen LogP contribution >= 0.6 is 11.3 Å². The van der Waals surface area contributed by atoms with Gasteiger partial charge in [-0.25, -0.2) is 4.98 Å². The molecule has 5 rings (SSSR count). The maximum Gasteiger partial charge on any atom is 0.134 e. The van der Waals surface area contributed by atoms with E-state index in [-0.39, 0.29) is 0 Å². The van der Waals surface area contributed by atoms with Crippen LogP contribution in [0.5, 0.6) is 0 Å². The van der Waals surface area contributed by atoms with E-state index in [9.17, 15) is 5.26 Å². The summed E-state index contributed by atoms with van der Waals surface area (Å²) in [7, 11) is 0. The number of rotatable bonds is 2. The lowest BCUT2D eigenvalue weighted by Crippen LogP contribution is -1.95. The molecule has 5 nitrogen and oxygen atoms in total. The minimum absolute atomic E-state index is 0.484. The minimum atomic E-state index is 0.484. The molecule has 0 unspecified atom stereocenters. The molecule has 0 bridgehead atoms. The second kappa shape index (κ2) is 5.61. The molecule has 4 heterocycles. The number of nitrogens with two attached hydrogens (primary N) is 1. The van der Waals surface area contributed by atoms with Gasteiger partial charge < -0.3 is 14.6 Å². The molecule has 1 aliphatic carbocycles. The van der Waals surface area contributed by atoms with Crippen molar-refractivity contribution in [2.75, 3.05) is 5.73 Å². The van der Waals surface area contributed by atoms with Crippen LogP contribution in [0.2, 0.25) is 0 Å². The average molecular weight is 359 g/mol. The van der Waals surface area contributed by atoms with Crippen molar-refractivity contribution in [3.05, 3.63) is 58.7 Å². The SMILES string of the molecule is N#Cc1sc2nc3c(c(-c4ccco4)c2c1N)CC/C3=C\c1ccco1. The smallest absolute Gasteiger partial charge is 0.134 e. The summed E-state index contributed by atoms with van der Waals surface area (Å²) in [6, 6.07) is 9.75. The molecule has 6 heteroatoms. The highest BCUT2D eigenvalue weighted by Crippen LogP contribution is 2.46. The van der Waals surface area contributed by atoms with Crippen LogP contribution < -0.4 is 5.73 Å². The van der Waals surface area contributed by atoms with Gasteiger partial charge in [-0.15, -0.1) is 11.3 Å². The molecule has 0 amide bonds. The number of anilines is 1. The first-order valence-corrected chi connectivity index (χ1v) is 9.01. The van der Waals surface area contributed by atoms with Gasteiger partial charge >= 0.3 is 0 Å². The molecule has 1 aliphatic rings. The summed E-state index contributed by atoms with van der Waals surface area (Å²) in [6.45, 7) is 0. The van der Waals surface area contributed by atoms with Crippen molar-refractivity contribution in [3.63, 3.8) is 0 Å². The van der Waals surface area contributed by atoms with E-state index < -0.39 is 0 Å². The molecule has 2 N–H and O–H groups in total. The van der Waals surface area contributed by atoms with Crippen molar-refractivity contribution in [2.24, 2.45) is 0 Å². The van der Waals surface area contributed by atoms with Crippen molar-refractivity contribution in [1.29, 1.82) is 5.26 Å². The number of hydrogen-bond acceptors (Lipinski definition) is 6. The van der Waals surface area contributed by atoms with Crippen molar-refractivity contribution >= 4 is 38.9 Å². The molecular formula is C20H13N3O2S. The first kappa shape index (κ1) is 15.0. The topological polar surface area (TPSA) is 89.0 Å². The number of fused-ring (bicyclic) bond motifs is 2. The van der Waals surface area contributed by atoms with Crippen LogP contribution in [0.3, 0.4) is 0 Å². The zero-order valence-electron chi connectivity index (χ0n) is 13.7. The number of nitrogen functional groups attached to an aromatic ring is 1. The maximum absolute atomic E-state index is 9.38. The molecule has 0 saturated carbocycles. The van der Waals surface area contributed by atoms with Gasteiger partial charge in [-0.05, 0) is 54.3 Å². The number of allylic oxidation sites excluding steroid dienone is 1. The predicted octanol–water partition coefficient (Wildman–Crippen LogP) is 5.09. The highest BCUT2D eigenvalue weighted by Gasteiger charge is 2.28. The Labute approximate surface area is 153 Å². The Morgan fingerprint density at radius 1 is 1.19 bits per heavy atom. The van der Waals surface area contributed by atoms with Crippen molar-refractivity contribution in [3.8, 4) is 17.4 Å². The quantitative estimate of drug-likeness (QED) is 0.538. The number of nitrogens with zero attached hydrogens (tertiary/aromatic N) is 2. The van der Waals surface area contributed by atoms with E-state index in [2.05, 4.69) is 6.07 Å². The Bertz CT molecular complexity index is 1190. The molecule has 4 aromatic rings. The molecule has 0 radical (unpaired) electrons. The second-order valence-corrected chi connectivity index (χ2v) is 7.11. The van der Waals surface area contributed by atoms with Crippen LogP contribution in [-0.2, 0) is 6.42 Å². The predicted molar refractivity (Wildman–Crippen MR) is 101 cm³/mol. The van der Waals surface area contributed by atoms with Gasteiger partial charge in [-0.3, -0.25) is 0 Å². The van der Waals surface area contributed by atoms with E-state index in [4.69, 9.17) is 19.6 Å². The lowest BCUT2D eigenvalue weighted by molar-refractivity contribution is 0.557. The Hall–Kier alpha value is -3.30. The van der Waals surface area contributed by atoms with E-state index >= 15 is 0 Å². The molecule has 0 aliphatic heterocycles. The van der Waals surface area contributed by atoms with Gasteiger partial charge in [0.25, 0.3) is 0 Å².